The molecule has 0 atom stereocenters. The number of hydrogen-bond acceptors (Lipinski definition) is 5. The van der Waals surface area contributed by atoms with Gasteiger partial charge in [0, 0.05) is 18.3 Å². The third kappa shape index (κ3) is 2.48. The summed E-state index contributed by atoms with van der Waals surface area (Å²) in [6, 6.07) is 0. The summed E-state index contributed by atoms with van der Waals surface area (Å²) in [5.74, 6) is 0. The van der Waals surface area contributed by atoms with E-state index in [-0.39, 0.29) is 0 Å². The summed E-state index contributed by atoms with van der Waals surface area (Å²) in [6.45, 7) is 5.06. The predicted molar refractivity (Wildman–Crippen MR) is 70.3 cm³/mol. The van der Waals surface area contributed by atoms with E-state index in [0.717, 1.165) is 29.4 Å². The minimum Gasteiger partial charge on any atom is -0.319 e. The Labute approximate surface area is 104 Å². The van der Waals surface area contributed by atoms with Gasteiger partial charge in [-0.1, -0.05) is 0 Å². The molecule has 1 N–H and O–H groups in total. The molecule has 0 aliphatic rings. The fourth-order valence-electron chi connectivity index (χ4n) is 1.53. The Kier molecular flexibility index (Phi) is 3.68. The van der Waals surface area contributed by atoms with E-state index in [4.69, 9.17) is 0 Å². The van der Waals surface area contributed by atoms with Crippen LogP contribution in [0.1, 0.15) is 15.7 Å². The molecule has 0 radical (unpaired) electrons. The lowest BCUT2D eigenvalue weighted by atomic mass is 10.3. The van der Waals surface area contributed by atoms with E-state index in [1.165, 1.54) is 9.88 Å². The summed E-state index contributed by atoms with van der Waals surface area (Å²) in [6.07, 6.45) is 0.998. The van der Waals surface area contributed by atoms with Crippen LogP contribution in [0.5, 0.6) is 0 Å². The average Bonchev–Trinajstić information content (AvgIpc) is 2.82. The number of likely N-dealkylation sites (N-methyl/N-ethyl adjacent to an activating group) is 1. The Balaban J connectivity index is 2.21. The third-order valence-electron chi connectivity index (χ3n) is 2.28. The summed E-state index contributed by atoms with van der Waals surface area (Å²) in [5.41, 5.74) is 2.17. The highest BCUT2D eigenvalue weighted by Crippen LogP contribution is 2.30. The van der Waals surface area contributed by atoms with Gasteiger partial charge < -0.3 is 5.32 Å². The molecule has 0 bridgehead atoms. The zero-order valence-electron chi connectivity index (χ0n) is 9.70. The molecule has 0 unspecified atom stereocenters. The van der Waals surface area contributed by atoms with Gasteiger partial charge in [0.05, 0.1) is 26.3 Å². The first kappa shape index (κ1) is 11.7. The molecule has 2 aromatic rings. The lowest BCUT2D eigenvalue weighted by Gasteiger charge is -1.94. The molecule has 16 heavy (non-hydrogen) atoms. The molecule has 0 amide bonds. The summed E-state index contributed by atoms with van der Waals surface area (Å²) in [5, 5.41) is 7.57. The predicted octanol–water partition coefficient (Wildman–Crippen LogP) is 2.65. The molecule has 2 heterocycles. The van der Waals surface area contributed by atoms with Crippen LogP contribution in [0.3, 0.4) is 0 Å². The van der Waals surface area contributed by atoms with Gasteiger partial charge >= 0.3 is 0 Å². The topological polar surface area (TPSA) is 37.8 Å². The minimum absolute atomic E-state index is 0.980. The van der Waals surface area contributed by atoms with Crippen molar-refractivity contribution in [2.24, 2.45) is 0 Å². The number of nitrogens with zero attached hydrogens (tertiary/aromatic N) is 2. The smallest absolute Gasteiger partial charge is 0.0945 e. The molecular formula is C11H15N3S2. The van der Waals surface area contributed by atoms with E-state index < -0.39 is 0 Å². The Morgan fingerprint density at radius 3 is 2.75 bits per heavy atom. The van der Waals surface area contributed by atoms with Gasteiger partial charge in [0.15, 0.2) is 0 Å². The van der Waals surface area contributed by atoms with Gasteiger partial charge in [-0.2, -0.15) is 0 Å². The van der Waals surface area contributed by atoms with Crippen molar-refractivity contribution in [2.75, 3.05) is 13.6 Å². The monoisotopic (exact) mass is 253 g/mol. The van der Waals surface area contributed by atoms with Crippen molar-refractivity contribution < 1.29 is 0 Å². The summed E-state index contributed by atoms with van der Waals surface area (Å²) >= 11 is 3.45. The van der Waals surface area contributed by atoms with Crippen molar-refractivity contribution in [2.45, 2.75) is 20.3 Å². The number of nitrogens with one attached hydrogen (secondary N) is 1. The molecule has 5 heteroatoms. The van der Waals surface area contributed by atoms with Gasteiger partial charge in [-0.3, -0.25) is 0 Å². The molecule has 0 aromatic carbocycles. The van der Waals surface area contributed by atoms with Crippen LogP contribution in [0, 0.1) is 13.8 Å². The van der Waals surface area contributed by atoms with Crippen LogP contribution in [0.4, 0.5) is 0 Å². The Morgan fingerprint density at radius 2 is 2.12 bits per heavy atom. The number of hydrogen-bond donors (Lipinski definition) is 1. The highest BCUT2D eigenvalue weighted by atomic mass is 32.1. The second-order valence-electron chi connectivity index (χ2n) is 3.63. The number of thiazole rings is 2. The van der Waals surface area contributed by atoms with Crippen LogP contribution >= 0.6 is 22.7 Å². The molecule has 0 fully saturated rings. The van der Waals surface area contributed by atoms with Crippen molar-refractivity contribution in [1.82, 2.24) is 15.3 Å². The van der Waals surface area contributed by atoms with E-state index in [1.54, 1.807) is 22.7 Å². The second-order valence-corrected chi connectivity index (χ2v) is 5.77. The largest absolute Gasteiger partial charge is 0.319 e. The molecule has 0 saturated carbocycles. The fourth-order valence-corrected chi connectivity index (χ4v) is 3.28. The molecule has 2 aromatic heterocycles. The van der Waals surface area contributed by atoms with Crippen molar-refractivity contribution in [1.29, 1.82) is 0 Å². The van der Waals surface area contributed by atoms with E-state index in [2.05, 4.69) is 20.7 Å². The van der Waals surface area contributed by atoms with Gasteiger partial charge in [0.1, 0.15) is 0 Å². The highest BCUT2D eigenvalue weighted by Gasteiger charge is 2.10. The van der Waals surface area contributed by atoms with E-state index in [0.29, 0.717) is 0 Å². The summed E-state index contributed by atoms with van der Waals surface area (Å²) in [7, 11) is 1.96. The van der Waals surface area contributed by atoms with Crippen molar-refractivity contribution in [3.05, 3.63) is 21.1 Å². The SMILES string of the molecule is CNCCc1nc(-c2sc(C)nc2C)cs1. The summed E-state index contributed by atoms with van der Waals surface area (Å²) in [4.78, 5) is 10.3. The molecular weight excluding hydrogens is 238 g/mol. The number of aryl methyl sites for hydroxylation is 2. The van der Waals surface area contributed by atoms with Crippen LogP contribution in [0.2, 0.25) is 0 Å². The first-order chi connectivity index (χ1) is 7.70. The van der Waals surface area contributed by atoms with Gasteiger partial charge in [0.2, 0.25) is 0 Å². The fraction of sp³-hybridized carbons (Fsp3) is 0.455. The molecule has 0 aliphatic carbocycles. The van der Waals surface area contributed by atoms with Crippen molar-refractivity contribution >= 4 is 22.7 Å². The lowest BCUT2D eigenvalue weighted by Crippen LogP contribution is -2.09. The minimum atomic E-state index is 0.980. The number of aromatic nitrogens is 2. The van der Waals surface area contributed by atoms with Gasteiger partial charge in [-0.25, -0.2) is 9.97 Å². The zero-order chi connectivity index (χ0) is 11.5. The maximum atomic E-state index is 4.64. The molecule has 0 aliphatic heterocycles. The van der Waals surface area contributed by atoms with Crippen LogP contribution in [-0.2, 0) is 6.42 Å². The van der Waals surface area contributed by atoms with E-state index in [9.17, 15) is 0 Å². The quantitative estimate of drug-likeness (QED) is 0.910. The third-order valence-corrected chi connectivity index (χ3v) is 4.28. The van der Waals surface area contributed by atoms with E-state index >= 15 is 0 Å². The van der Waals surface area contributed by atoms with Gasteiger partial charge in [-0.15, -0.1) is 22.7 Å². The standard InChI is InChI=1S/C11H15N3S2/c1-7-11(16-8(2)13-7)9-6-15-10(14-9)4-5-12-3/h6,12H,4-5H2,1-3H3. The maximum Gasteiger partial charge on any atom is 0.0945 e. The molecule has 2 rings (SSSR count). The molecule has 0 saturated heterocycles. The van der Waals surface area contributed by atoms with Crippen LogP contribution in [0.25, 0.3) is 10.6 Å². The molecule has 86 valence electrons. The molecule has 3 nitrogen and oxygen atoms in total. The van der Waals surface area contributed by atoms with Gasteiger partial charge in [0.25, 0.3) is 0 Å². The van der Waals surface area contributed by atoms with Crippen molar-refractivity contribution in [3.63, 3.8) is 0 Å². The highest BCUT2D eigenvalue weighted by molar-refractivity contribution is 7.15. The second kappa shape index (κ2) is 5.03. The van der Waals surface area contributed by atoms with Crippen LogP contribution in [-0.4, -0.2) is 23.6 Å². The summed E-state index contributed by atoms with van der Waals surface area (Å²) < 4.78 is 0. The van der Waals surface area contributed by atoms with E-state index in [1.807, 2.05) is 20.9 Å². The Morgan fingerprint density at radius 1 is 1.31 bits per heavy atom. The first-order valence-corrected chi connectivity index (χ1v) is 6.93. The zero-order valence-corrected chi connectivity index (χ0v) is 11.3. The van der Waals surface area contributed by atoms with Crippen molar-refractivity contribution in [3.8, 4) is 10.6 Å². The normalized spacial score (nSPS) is 10.9. The number of rotatable bonds is 4. The molecule has 0 spiro atoms. The van der Waals surface area contributed by atoms with Crippen LogP contribution < -0.4 is 5.32 Å². The average molecular weight is 253 g/mol. The Bertz CT molecular complexity index is 473. The maximum absolute atomic E-state index is 4.64. The lowest BCUT2D eigenvalue weighted by molar-refractivity contribution is 0.788. The first-order valence-electron chi connectivity index (χ1n) is 5.24. The Hall–Kier alpha value is -0.780. The van der Waals surface area contributed by atoms with Crippen LogP contribution in [0.15, 0.2) is 5.38 Å². The van der Waals surface area contributed by atoms with Gasteiger partial charge in [-0.05, 0) is 20.9 Å².